The summed E-state index contributed by atoms with van der Waals surface area (Å²) in [4.78, 5) is 14.9. The van der Waals surface area contributed by atoms with Crippen LogP contribution in [0.3, 0.4) is 0 Å². The molecule has 0 aromatic heterocycles. The highest BCUT2D eigenvalue weighted by molar-refractivity contribution is 8.26. The average molecular weight is 335 g/mol. The lowest BCUT2D eigenvalue weighted by Crippen LogP contribution is -2.39. The van der Waals surface area contributed by atoms with Crippen LogP contribution in [0.15, 0.2) is 23.1 Å². The number of thioether (sulfide) groups is 1. The molecule has 1 amide bonds. The molecule has 116 valence electrons. The topological polar surface area (TPSA) is 60.8 Å². The second kappa shape index (κ2) is 6.30. The Kier molecular flexibility index (Phi) is 4.40. The predicted molar refractivity (Wildman–Crippen MR) is 91.7 cm³/mol. The molecule has 1 aromatic carbocycles. The lowest BCUT2D eigenvalue weighted by atomic mass is 9.94. The van der Waals surface area contributed by atoms with Gasteiger partial charge in [0.1, 0.15) is 4.32 Å². The van der Waals surface area contributed by atoms with Crippen molar-refractivity contribution in [2.24, 2.45) is 0 Å². The van der Waals surface area contributed by atoms with Crippen LogP contribution in [0.1, 0.15) is 37.7 Å². The second-order valence-electron chi connectivity index (χ2n) is 5.59. The first-order valence-electron chi connectivity index (χ1n) is 7.35. The van der Waals surface area contributed by atoms with E-state index in [0.717, 1.165) is 25.7 Å². The van der Waals surface area contributed by atoms with Gasteiger partial charge in [-0.3, -0.25) is 9.69 Å². The van der Waals surface area contributed by atoms with Gasteiger partial charge in [-0.15, -0.1) is 0 Å². The predicted octanol–water partition coefficient (Wildman–Crippen LogP) is 3.63. The Balaban J connectivity index is 1.83. The summed E-state index contributed by atoms with van der Waals surface area (Å²) >= 11 is 6.68. The number of hydrogen-bond donors (Lipinski definition) is 2. The zero-order valence-electron chi connectivity index (χ0n) is 12.0. The summed E-state index contributed by atoms with van der Waals surface area (Å²) < 4.78 is 0.617. The number of rotatable bonds is 2. The minimum Gasteiger partial charge on any atom is -0.504 e. The van der Waals surface area contributed by atoms with Crippen LogP contribution in [0, 0.1) is 0 Å². The van der Waals surface area contributed by atoms with Gasteiger partial charge in [0.05, 0.1) is 4.91 Å². The maximum absolute atomic E-state index is 12.6. The number of phenols is 2. The van der Waals surface area contributed by atoms with E-state index in [1.165, 1.54) is 30.3 Å². The Morgan fingerprint density at radius 2 is 1.91 bits per heavy atom. The highest BCUT2D eigenvalue weighted by Crippen LogP contribution is 2.37. The smallest absolute Gasteiger partial charge is 0.266 e. The van der Waals surface area contributed by atoms with Crippen LogP contribution >= 0.6 is 24.0 Å². The monoisotopic (exact) mass is 335 g/mol. The van der Waals surface area contributed by atoms with Crippen molar-refractivity contribution >= 4 is 40.3 Å². The zero-order chi connectivity index (χ0) is 15.7. The van der Waals surface area contributed by atoms with Crippen molar-refractivity contribution in [3.8, 4) is 11.5 Å². The van der Waals surface area contributed by atoms with E-state index >= 15 is 0 Å². The minimum absolute atomic E-state index is 0.0468. The highest BCUT2D eigenvalue weighted by Gasteiger charge is 2.37. The molecular weight excluding hydrogens is 318 g/mol. The largest absolute Gasteiger partial charge is 0.504 e. The summed E-state index contributed by atoms with van der Waals surface area (Å²) in [5.41, 5.74) is 0.666. The Hall–Kier alpha value is -1.53. The number of carbonyl (C=O) groups excluding carboxylic acids is 1. The summed E-state index contributed by atoms with van der Waals surface area (Å²) in [6.45, 7) is 0. The van der Waals surface area contributed by atoms with E-state index in [4.69, 9.17) is 12.2 Å². The van der Waals surface area contributed by atoms with Gasteiger partial charge in [-0.2, -0.15) is 0 Å². The molecule has 1 saturated heterocycles. The lowest BCUT2D eigenvalue weighted by molar-refractivity contribution is -0.124. The van der Waals surface area contributed by atoms with Crippen molar-refractivity contribution in [2.45, 2.75) is 38.1 Å². The molecule has 4 nitrogen and oxygen atoms in total. The van der Waals surface area contributed by atoms with Crippen LogP contribution in [0.5, 0.6) is 11.5 Å². The average Bonchev–Trinajstić information content (AvgIpc) is 2.78. The standard InChI is InChI=1S/C16H17NO3S2/c18-12-7-6-10(8-13(12)19)9-14-15(20)17(16(21)22-14)11-4-2-1-3-5-11/h6-9,11,18-19H,1-5H2/b14-9+. The zero-order valence-corrected chi connectivity index (χ0v) is 13.6. The van der Waals surface area contributed by atoms with Crippen molar-refractivity contribution in [3.05, 3.63) is 28.7 Å². The molecule has 1 saturated carbocycles. The van der Waals surface area contributed by atoms with E-state index in [1.807, 2.05) is 0 Å². The molecule has 3 rings (SSSR count). The molecule has 1 aliphatic carbocycles. The molecule has 0 unspecified atom stereocenters. The van der Waals surface area contributed by atoms with E-state index in [9.17, 15) is 15.0 Å². The number of phenolic OH excluding ortho intramolecular Hbond substituents is 2. The molecule has 0 bridgehead atoms. The van der Waals surface area contributed by atoms with Crippen molar-refractivity contribution < 1.29 is 15.0 Å². The van der Waals surface area contributed by atoms with Crippen molar-refractivity contribution in [1.82, 2.24) is 4.90 Å². The van der Waals surface area contributed by atoms with Crippen LogP contribution in [-0.4, -0.2) is 31.4 Å². The molecular formula is C16H17NO3S2. The van der Waals surface area contributed by atoms with Crippen LogP contribution in [0.4, 0.5) is 0 Å². The molecule has 6 heteroatoms. The quantitative estimate of drug-likeness (QED) is 0.491. The summed E-state index contributed by atoms with van der Waals surface area (Å²) in [5.74, 6) is -0.419. The van der Waals surface area contributed by atoms with Crippen LogP contribution in [0.2, 0.25) is 0 Å². The maximum atomic E-state index is 12.6. The first-order valence-corrected chi connectivity index (χ1v) is 8.58. The molecule has 1 heterocycles. The van der Waals surface area contributed by atoms with Gasteiger partial charge in [0.25, 0.3) is 5.91 Å². The van der Waals surface area contributed by atoms with Gasteiger partial charge in [-0.25, -0.2) is 0 Å². The Labute approximate surface area is 138 Å². The summed E-state index contributed by atoms with van der Waals surface area (Å²) in [7, 11) is 0. The van der Waals surface area contributed by atoms with E-state index in [2.05, 4.69) is 0 Å². The molecule has 0 radical (unpaired) electrons. The molecule has 0 spiro atoms. The fourth-order valence-corrected chi connectivity index (χ4v) is 4.32. The number of carbonyl (C=O) groups is 1. The van der Waals surface area contributed by atoms with Crippen molar-refractivity contribution in [1.29, 1.82) is 0 Å². The lowest BCUT2D eigenvalue weighted by Gasteiger charge is -2.29. The van der Waals surface area contributed by atoms with Crippen LogP contribution in [0.25, 0.3) is 6.08 Å². The van der Waals surface area contributed by atoms with Crippen LogP contribution < -0.4 is 0 Å². The minimum atomic E-state index is -0.198. The fourth-order valence-electron chi connectivity index (χ4n) is 2.92. The number of benzene rings is 1. The van der Waals surface area contributed by atoms with E-state index < -0.39 is 0 Å². The third-order valence-electron chi connectivity index (χ3n) is 4.06. The number of nitrogens with zero attached hydrogens (tertiary/aromatic N) is 1. The highest BCUT2D eigenvalue weighted by atomic mass is 32.2. The maximum Gasteiger partial charge on any atom is 0.266 e. The summed E-state index contributed by atoms with van der Waals surface area (Å²) in [6, 6.07) is 4.72. The Morgan fingerprint density at radius 3 is 2.59 bits per heavy atom. The first-order chi connectivity index (χ1) is 10.6. The van der Waals surface area contributed by atoms with Crippen molar-refractivity contribution in [3.63, 3.8) is 0 Å². The van der Waals surface area contributed by atoms with Gasteiger partial charge in [-0.1, -0.05) is 49.3 Å². The van der Waals surface area contributed by atoms with Gasteiger partial charge < -0.3 is 10.2 Å². The van der Waals surface area contributed by atoms with E-state index in [1.54, 1.807) is 17.0 Å². The Morgan fingerprint density at radius 1 is 1.18 bits per heavy atom. The number of amides is 1. The molecule has 22 heavy (non-hydrogen) atoms. The Bertz CT molecular complexity index is 651. The third-order valence-corrected chi connectivity index (χ3v) is 5.39. The normalized spacial score (nSPS) is 21.8. The third kappa shape index (κ3) is 2.98. The van der Waals surface area contributed by atoms with Gasteiger partial charge in [0, 0.05) is 6.04 Å². The SMILES string of the molecule is O=C1/C(=C\c2ccc(O)c(O)c2)SC(=S)N1C1CCCCC1. The molecule has 1 aromatic rings. The van der Waals surface area contributed by atoms with E-state index in [-0.39, 0.29) is 23.4 Å². The number of thiocarbonyl (C=S) groups is 1. The van der Waals surface area contributed by atoms with Crippen molar-refractivity contribution in [2.75, 3.05) is 0 Å². The first kappa shape index (κ1) is 15.4. The molecule has 2 N–H and O–H groups in total. The number of aromatic hydroxyl groups is 2. The molecule has 1 aliphatic heterocycles. The van der Waals surface area contributed by atoms with Gasteiger partial charge in [-0.05, 0) is 36.6 Å². The van der Waals surface area contributed by atoms with Gasteiger partial charge in [0.15, 0.2) is 11.5 Å². The fraction of sp³-hybridized carbons (Fsp3) is 0.375. The molecule has 2 aliphatic rings. The van der Waals surface area contributed by atoms with E-state index in [0.29, 0.717) is 14.8 Å². The second-order valence-corrected chi connectivity index (χ2v) is 7.27. The molecule has 2 fully saturated rings. The van der Waals surface area contributed by atoms with Gasteiger partial charge in [0.2, 0.25) is 0 Å². The molecule has 0 atom stereocenters. The number of hydrogen-bond acceptors (Lipinski definition) is 5. The van der Waals surface area contributed by atoms with Gasteiger partial charge >= 0.3 is 0 Å². The summed E-state index contributed by atoms with van der Waals surface area (Å²) in [6.07, 6.45) is 7.26. The van der Waals surface area contributed by atoms with Crippen LogP contribution in [-0.2, 0) is 4.79 Å². The summed E-state index contributed by atoms with van der Waals surface area (Å²) in [5, 5.41) is 18.9.